The molecule has 49 heavy (non-hydrogen) atoms. The van der Waals surface area contributed by atoms with Gasteiger partial charge in [-0.3, -0.25) is 0 Å². The number of nitrogens with zero attached hydrogens (tertiary/aromatic N) is 2. The summed E-state index contributed by atoms with van der Waals surface area (Å²) in [5.41, 5.74) is 11.2. The molecule has 0 atom stereocenters. The molecule has 0 saturated carbocycles. The molecular weight excluding hydrogens is 593 g/mol. The number of hydrogen-bond donors (Lipinski definition) is 0. The normalized spacial score (nSPS) is 11.7. The molecular formula is C47H28N2. The Morgan fingerprint density at radius 3 is 1.37 bits per heavy atom. The van der Waals surface area contributed by atoms with Gasteiger partial charge in [0.05, 0.1) is 12.1 Å². The zero-order valence-corrected chi connectivity index (χ0v) is 26.6. The van der Waals surface area contributed by atoms with Crippen LogP contribution in [0.2, 0.25) is 0 Å². The lowest BCUT2D eigenvalue weighted by Crippen LogP contribution is -1.93. The zero-order chi connectivity index (χ0) is 32.5. The minimum atomic E-state index is 0.646. The van der Waals surface area contributed by atoms with Crippen molar-refractivity contribution < 1.29 is 0 Å². The maximum atomic E-state index is 7.60. The first-order chi connectivity index (χ1) is 24.2. The van der Waals surface area contributed by atoms with Gasteiger partial charge in [0, 0.05) is 22.0 Å². The lowest BCUT2D eigenvalue weighted by Gasteiger charge is -2.15. The van der Waals surface area contributed by atoms with Gasteiger partial charge in [0.1, 0.15) is 0 Å². The second-order valence-electron chi connectivity index (χ2n) is 12.9. The van der Waals surface area contributed by atoms with Gasteiger partial charge >= 0.3 is 0 Å². The smallest absolute Gasteiger partial charge is 0.189 e. The fourth-order valence-corrected chi connectivity index (χ4v) is 7.77. The van der Waals surface area contributed by atoms with Gasteiger partial charge in [-0.2, -0.15) is 0 Å². The molecule has 0 aliphatic carbocycles. The highest BCUT2D eigenvalue weighted by molar-refractivity contribution is 6.24. The largest absolute Gasteiger partial charge is 0.310 e. The van der Waals surface area contributed by atoms with Crippen molar-refractivity contribution in [2.24, 2.45) is 0 Å². The molecule has 2 heteroatoms. The molecule has 9 aromatic carbocycles. The van der Waals surface area contributed by atoms with Crippen LogP contribution in [0.4, 0.5) is 5.69 Å². The van der Waals surface area contributed by atoms with Crippen LogP contribution in [0.5, 0.6) is 0 Å². The zero-order valence-electron chi connectivity index (χ0n) is 26.6. The SMILES string of the molecule is [C-]#[N+]c1ccc2c3ccc(-c4ccc(-c5cc6ccc7cc(-c8ccccc8)cc8ccc(c5)c6c78)cc4)cc3n(-c3ccccc3)c2c1. The maximum absolute atomic E-state index is 7.60. The molecule has 1 aromatic heterocycles. The molecule has 0 radical (unpaired) electrons. The van der Waals surface area contributed by atoms with E-state index in [2.05, 4.69) is 161 Å². The summed E-state index contributed by atoms with van der Waals surface area (Å²) in [5, 5.41) is 10.1. The lowest BCUT2D eigenvalue weighted by atomic mass is 9.89. The van der Waals surface area contributed by atoms with Crippen LogP contribution in [0, 0.1) is 6.57 Å². The van der Waals surface area contributed by atoms with Gasteiger partial charge in [-0.1, -0.05) is 121 Å². The van der Waals surface area contributed by atoms with E-state index in [0.29, 0.717) is 5.69 Å². The van der Waals surface area contributed by atoms with Crippen LogP contribution < -0.4 is 0 Å². The van der Waals surface area contributed by atoms with Crippen molar-refractivity contribution in [2.75, 3.05) is 0 Å². The van der Waals surface area contributed by atoms with E-state index in [1.54, 1.807) is 0 Å². The van der Waals surface area contributed by atoms with Crippen LogP contribution in [-0.2, 0) is 0 Å². The van der Waals surface area contributed by atoms with Crippen molar-refractivity contribution in [2.45, 2.75) is 0 Å². The van der Waals surface area contributed by atoms with Gasteiger partial charge in [0.2, 0.25) is 0 Å². The van der Waals surface area contributed by atoms with Crippen molar-refractivity contribution in [1.29, 1.82) is 0 Å². The average molecular weight is 621 g/mol. The molecule has 0 amide bonds. The van der Waals surface area contributed by atoms with Crippen LogP contribution >= 0.6 is 0 Å². The van der Waals surface area contributed by atoms with Crippen LogP contribution in [0.15, 0.2) is 170 Å². The standard InChI is InChI=1S/C47H28N2/c1-48-40-21-23-43-42-22-20-33(28-44(42)49(45(43)29-40)41-10-6-3-7-11-41)31-12-14-32(15-13-31)39-26-36-18-16-34-24-38(30-8-4-2-5-9-30)25-35-17-19-37(27-39)47(36)46(34)35/h2-29H. The van der Waals surface area contributed by atoms with E-state index in [0.717, 1.165) is 27.7 Å². The molecule has 10 rings (SSSR count). The Morgan fingerprint density at radius 1 is 0.367 bits per heavy atom. The summed E-state index contributed by atoms with van der Waals surface area (Å²) in [6, 6.07) is 61.1. The molecule has 0 N–H and O–H groups in total. The third-order valence-corrected chi connectivity index (χ3v) is 10.1. The number of para-hydroxylation sites is 1. The first kappa shape index (κ1) is 27.4. The molecule has 0 saturated heterocycles. The Morgan fingerprint density at radius 2 is 0.816 bits per heavy atom. The fraction of sp³-hybridized carbons (Fsp3) is 0. The molecule has 0 spiro atoms. The summed E-state index contributed by atoms with van der Waals surface area (Å²) >= 11 is 0. The van der Waals surface area contributed by atoms with Gasteiger partial charge < -0.3 is 4.57 Å². The van der Waals surface area contributed by atoms with Crippen LogP contribution in [0.3, 0.4) is 0 Å². The van der Waals surface area contributed by atoms with E-state index in [9.17, 15) is 0 Å². The van der Waals surface area contributed by atoms with Gasteiger partial charge in [0.25, 0.3) is 0 Å². The van der Waals surface area contributed by atoms with Crippen molar-refractivity contribution in [3.8, 4) is 39.1 Å². The molecule has 10 aromatic rings. The number of benzene rings is 9. The van der Waals surface area contributed by atoms with E-state index in [1.165, 1.54) is 65.5 Å². The van der Waals surface area contributed by atoms with Crippen molar-refractivity contribution in [3.63, 3.8) is 0 Å². The average Bonchev–Trinajstić information content (AvgIpc) is 3.50. The van der Waals surface area contributed by atoms with Crippen molar-refractivity contribution >= 4 is 59.8 Å². The highest BCUT2D eigenvalue weighted by atomic mass is 15.0. The number of rotatable bonds is 4. The summed E-state index contributed by atoms with van der Waals surface area (Å²) in [4.78, 5) is 3.71. The molecule has 0 fully saturated rings. The summed E-state index contributed by atoms with van der Waals surface area (Å²) in [5.74, 6) is 0. The molecule has 0 unspecified atom stereocenters. The number of hydrogen-bond acceptors (Lipinski definition) is 0. The quantitative estimate of drug-likeness (QED) is 0.137. The van der Waals surface area contributed by atoms with Gasteiger partial charge in [-0.05, 0) is 114 Å². The Balaban J connectivity index is 1.05. The highest BCUT2D eigenvalue weighted by Crippen LogP contribution is 2.41. The van der Waals surface area contributed by atoms with Crippen LogP contribution in [0.25, 0.3) is 98.0 Å². The summed E-state index contributed by atoms with van der Waals surface area (Å²) in [6.07, 6.45) is 0. The maximum Gasteiger partial charge on any atom is 0.189 e. The molecule has 0 bridgehead atoms. The summed E-state index contributed by atoms with van der Waals surface area (Å²) < 4.78 is 2.28. The van der Waals surface area contributed by atoms with Gasteiger partial charge in [-0.15, -0.1) is 0 Å². The van der Waals surface area contributed by atoms with E-state index in [1.807, 2.05) is 18.2 Å². The molecule has 0 aliphatic rings. The van der Waals surface area contributed by atoms with E-state index >= 15 is 0 Å². The molecule has 0 aliphatic heterocycles. The summed E-state index contributed by atoms with van der Waals surface area (Å²) in [6.45, 7) is 7.60. The Bertz CT molecular complexity index is 2840. The van der Waals surface area contributed by atoms with E-state index in [4.69, 9.17) is 6.57 Å². The van der Waals surface area contributed by atoms with Gasteiger partial charge in [0.15, 0.2) is 5.69 Å². The van der Waals surface area contributed by atoms with E-state index in [-0.39, 0.29) is 0 Å². The third-order valence-electron chi connectivity index (χ3n) is 10.1. The van der Waals surface area contributed by atoms with Crippen molar-refractivity contribution in [1.82, 2.24) is 4.57 Å². The second kappa shape index (κ2) is 10.7. The van der Waals surface area contributed by atoms with Gasteiger partial charge in [-0.25, -0.2) is 4.85 Å². The fourth-order valence-electron chi connectivity index (χ4n) is 7.77. The first-order valence-electron chi connectivity index (χ1n) is 16.6. The number of fused-ring (bicyclic) bond motifs is 3. The molecule has 2 nitrogen and oxygen atoms in total. The topological polar surface area (TPSA) is 9.29 Å². The highest BCUT2D eigenvalue weighted by Gasteiger charge is 2.15. The molecule has 1 heterocycles. The van der Waals surface area contributed by atoms with Crippen LogP contribution in [-0.4, -0.2) is 4.57 Å². The summed E-state index contributed by atoms with van der Waals surface area (Å²) in [7, 11) is 0. The Labute approximate surface area is 283 Å². The first-order valence-corrected chi connectivity index (χ1v) is 16.6. The number of aromatic nitrogens is 1. The monoisotopic (exact) mass is 620 g/mol. The van der Waals surface area contributed by atoms with E-state index < -0.39 is 0 Å². The van der Waals surface area contributed by atoms with Crippen molar-refractivity contribution in [3.05, 3.63) is 181 Å². The lowest BCUT2D eigenvalue weighted by molar-refractivity contribution is 1.18. The minimum absolute atomic E-state index is 0.646. The Kier molecular flexibility index (Phi) is 5.97. The predicted octanol–water partition coefficient (Wildman–Crippen LogP) is 13.2. The third kappa shape index (κ3) is 4.34. The minimum Gasteiger partial charge on any atom is -0.310 e. The second-order valence-corrected chi connectivity index (χ2v) is 12.9. The van der Waals surface area contributed by atoms with Crippen LogP contribution in [0.1, 0.15) is 0 Å². The predicted molar refractivity (Wildman–Crippen MR) is 207 cm³/mol. The molecule has 226 valence electrons. The Hall–Kier alpha value is -6.69.